The highest BCUT2D eigenvalue weighted by atomic mass is 35.5. The van der Waals surface area contributed by atoms with E-state index in [2.05, 4.69) is 6.58 Å². The topological polar surface area (TPSA) is 27.7 Å². The quantitative estimate of drug-likeness (QED) is 0.273. The summed E-state index contributed by atoms with van der Waals surface area (Å²) in [7, 11) is 0. The van der Waals surface area contributed by atoms with Gasteiger partial charge in [-0.15, -0.1) is 11.6 Å². The van der Waals surface area contributed by atoms with Gasteiger partial charge in [0.05, 0.1) is 19.0 Å². The van der Waals surface area contributed by atoms with E-state index in [1.54, 1.807) is 0 Å². The highest BCUT2D eigenvalue weighted by molar-refractivity contribution is 6.18. The van der Waals surface area contributed by atoms with Gasteiger partial charge in [0, 0.05) is 5.88 Å². The Balaban J connectivity index is 3.65. The van der Waals surface area contributed by atoms with Gasteiger partial charge in [-0.05, 0) is 20.8 Å². The van der Waals surface area contributed by atoms with Crippen LogP contribution in [0.25, 0.3) is 0 Å². The second kappa shape index (κ2) is 7.10. The molecule has 0 radical (unpaired) electrons. The first-order valence-electron chi connectivity index (χ1n) is 4.62. The zero-order valence-electron chi connectivity index (χ0n) is 9.09. The monoisotopic (exact) mass is 222 g/mol. The van der Waals surface area contributed by atoms with E-state index in [0.717, 1.165) is 0 Å². The van der Waals surface area contributed by atoms with Gasteiger partial charge in [-0.1, -0.05) is 6.58 Å². The van der Waals surface area contributed by atoms with Crippen molar-refractivity contribution in [2.75, 3.05) is 19.1 Å². The third kappa shape index (κ3) is 7.18. The molecule has 0 aliphatic carbocycles. The van der Waals surface area contributed by atoms with E-state index in [1.165, 1.54) is 6.26 Å². The van der Waals surface area contributed by atoms with Gasteiger partial charge in [-0.3, -0.25) is 0 Å². The molecule has 84 valence electrons. The Morgan fingerprint density at radius 3 is 2.57 bits per heavy atom. The van der Waals surface area contributed by atoms with Crippen molar-refractivity contribution < 1.29 is 14.2 Å². The molecule has 14 heavy (non-hydrogen) atoms. The summed E-state index contributed by atoms with van der Waals surface area (Å²) in [5.74, 6) is -0.172. The van der Waals surface area contributed by atoms with Gasteiger partial charge in [0.2, 0.25) is 0 Å². The van der Waals surface area contributed by atoms with Crippen molar-refractivity contribution in [3.8, 4) is 0 Å². The van der Waals surface area contributed by atoms with Crippen LogP contribution < -0.4 is 0 Å². The summed E-state index contributed by atoms with van der Waals surface area (Å²) < 4.78 is 15.9. The van der Waals surface area contributed by atoms with Gasteiger partial charge < -0.3 is 14.2 Å². The lowest BCUT2D eigenvalue weighted by Gasteiger charge is -2.28. The first-order chi connectivity index (χ1) is 6.52. The average molecular weight is 223 g/mol. The summed E-state index contributed by atoms with van der Waals surface area (Å²) in [4.78, 5) is 0. The molecule has 0 N–H and O–H groups in total. The Bertz CT molecular complexity index is 159. The molecule has 3 nitrogen and oxygen atoms in total. The number of rotatable bonds is 8. The summed E-state index contributed by atoms with van der Waals surface area (Å²) in [6.07, 6.45) is 1.37. The molecule has 0 bridgehead atoms. The van der Waals surface area contributed by atoms with Crippen molar-refractivity contribution in [3.05, 3.63) is 12.8 Å². The first-order valence-corrected chi connectivity index (χ1v) is 5.15. The minimum atomic E-state index is -0.626. The Labute approximate surface area is 91.0 Å². The van der Waals surface area contributed by atoms with Crippen LogP contribution in [0.4, 0.5) is 0 Å². The number of hydrogen-bond acceptors (Lipinski definition) is 3. The van der Waals surface area contributed by atoms with Crippen LogP contribution in [0.5, 0.6) is 0 Å². The molecule has 0 saturated heterocycles. The normalized spacial score (nSPS) is 13.7. The van der Waals surface area contributed by atoms with Crippen LogP contribution in [0.1, 0.15) is 20.8 Å². The largest absolute Gasteiger partial charge is 0.499 e. The maximum atomic E-state index is 5.62. The lowest BCUT2D eigenvalue weighted by molar-refractivity contribution is -0.232. The molecule has 0 aliphatic heterocycles. The van der Waals surface area contributed by atoms with Crippen molar-refractivity contribution >= 4 is 11.6 Å². The standard InChI is InChI=1S/C10H19ClO3/c1-5-12-6-7-13-10(3,4)14-9(2)8-11/h5,9H,1,6-8H2,2-4H3. The molecule has 0 rings (SSSR count). The summed E-state index contributed by atoms with van der Waals surface area (Å²) in [5.41, 5.74) is 0. The fourth-order valence-corrected chi connectivity index (χ4v) is 1.03. The summed E-state index contributed by atoms with van der Waals surface area (Å²) >= 11 is 5.62. The summed E-state index contributed by atoms with van der Waals surface area (Å²) in [6, 6.07) is 0. The van der Waals surface area contributed by atoms with Crippen LogP contribution in [0.3, 0.4) is 0 Å². The molecule has 1 unspecified atom stereocenters. The maximum Gasteiger partial charge on any atom is 0.163 e. The van der Waals surface area contributed by atoms with Crippen LogP contribution in [-0.4, -0.2) is 31.0 Å². The number of halogens is 1. The van der Waals surface area contributed by atoms with Crippen molar-refractivity contribution in [1.82, 2.24) is 0 Å². The fourth-order valence-electron chi connectivity index (χ4n) is 0.969. The van der Waals surface area contributed by atoms with Gasteiger partial charge in [0.25, 0.3) is 0 Å². The van der Waals surface area contributed by atoms with E-state index in [-0.39, 0.29) is 6.10 Å². The molecule has 4 heteroatoms. The number of ether oxygens (including phenoxy) is 3. The molecule has 0 saturated carbocycles. The van der Waals surface area contributed by atoms with Crippen molar-refractivity contribution in [2.24, 2.45) is 0 Å². The van der Waals surface area contributed by atoms with Gasteiger partial charge in [-0.25, -0.2) is 0 Å². The minimum Gasteiger partial charge on any atom is -0.499 e. The molecule has 0 spiro atoms. The predicted molar refractivity (Wildman–Crippen MR) is 57.4 cm³/mol. The summed E-state index contributed by atoms with van der Waals surface area (Å²) in [5, 5.41) is 0. The van der Waals surface area contributed by atoms with Crippen LogP contribution in [-0.2, 0) is 14.2 Å². The van der Waals surface area contributed by atoms with Gasteiger partial charge in [0.15, 0.2) is 5.79 Å². The molecule has 1 atom stereocenters. The molecule has 0 amide bonds. The van der Waals surface area contributed by atoms with Crippen LogP contribution in [0, 0.1) is 0 Å². The van der Waals surface area contributed by atoms with Crippen molar-refractivity contribution in [3.63, 3.8) is 0 Å². The highest BCUT2D eigenvalue weighted by Crippen LogP contribution is 2.14. The van der Waals surface area contributed by atoms with Crippen LogP contribution in [0.15, 0.2) is 12.8 Å². The Hall–Kier alpha value is -0.250. The second-order valence-electron chi connectivity index (χ2n) is 3.37. The van der Waals surface area contributed by atoms with Crippen LogP contribution in [0.2, 0.25) is 0 Å². The van der Waals surface area contributed by atoms with Crippen molar-refractivity contribution in [1.29, 1.82) is 0 Å². The lowest BCUT2D eigenvalue weighted by atomic mass is 10.3. The molecule has 0 aromatic rings. The number of alkyl halides is 1. The van der Waals surface area contributed by atoms with Gasteiger partial charge in [-0.2, -0.15) is 0 Å². The zero-order valence-corrected chi connectivity index (χ0v) is 9.84. The van der Waals surface area contributed by atoms with Crippen LogP contribution >= 0.6 is 11.6 Å². The maximum absolute atomic E-state index is 5.62. The molecule has 0 aromatic heterocycles. The summed E-state index contributed by atoms with van der Waals surface area (Å²) in [6.45, 7) is 9.98. The average Bonchev–Trinajstić information content (AvgIpc) is 2.12. The van der Waals surface area contributed by atoms with Gasteiger partial charge >= 0.3 is 0 Å². The van der Waals surface area contributed by atoms with Crippen molar-refractivity contribution in [2.45, 2.75) is 32.7 Å². The van der Waals surface area contributed by atoms with E-state index in [9.17, 15) is 0 Å². The third-order valence-corrected chi connectivity index (χ3v) is 1.91. The predicted octanol–water partition coefficient (Wildman–Crippen LogP) is 2.54. The zero-order chi connectivity index (χ0) is 11.0. The third-order valence-electron chi connectivity index (χ3n) is 1.47. The first kappa shape index (κ1) is 13.8. The van der Waals surface area contributed by atoms with E-state index in [0.29, 0.717) is 19.1 Å². The fraction of sp³-hybridized carbons (Fsp3) is 0.800. The SMILES string of the molecule is C=COCCOC(C)(C)OC(C)CCl. The molecular weight excluding hydrogens is 204 g/mol. The minimum absolute atomic E-state index is 0.0213. The second-order valence-corrected chi connectivity index (χ2v) is 3.68. The molecule has 0 fully saturated rings. The highest BCUT2D eigenvalue weighted by Gasteiger charge is 2.21. The van der Waals surface area contributed by atoms with Gasteiger partial charge in [0.1, 0.15) is 6.61 Å². The van der Waals surface area contributed by atoms with E-state index in [4.69, 9.17) is 25.8 Å². The molecule has 0 aromatic carbocycles. The number of hydrogen-bond donors (Lipinski definition) is 0. The van der Waals surface area contributed by atoms with E-state index < -0.39 is 5.79 Å². The Morgan fingerprint density at radius 1 is 1.43 bits per heavy atom. The Morgan fingerprint density at radius 2 is 2.07 bits per heavy atom. The van der Waals surface area contributed by atoms with E-state index >= 15 is 0 Å². The molecule has 0 heterocycles. The van der Waals surface area contributed by atoms with E-state index in [1.807, 2.05) is 20.8 Å². The molecular formula is C10H19ClO3. The lowest BCUT2D eigenvalue weighted by Crippen LogP contribution is -2.34. The Kier molecular flexibility index (Phi) is 6.97. The smallest absolute Gasteiger partial charge is 0.163 e. The molecule has 0 aliphatic rings.